The highest BCUT2D eigenvalue weighted by Crippen LogP contribution is 2.44. The van der Waals surface area contributed by atoms with Gasteiger partial charge in [-0.3, -0.25) is 4.79 Å². The summed E-state index contributed by atoms with van der Waals surface area (Å²) >= 11 is 6.32. The first-order valence-corrected chi connectivity index (χ1v) is 12.0. The quantitative estimate of drug-likeness (QED) is 0.294. The second kappa shape index (κ2) is 8.71. The van der Waals surface area contributed by atoms with Crippen LogP contribution in [0, 0.1) is 6.92 Å². The van der Waals surface area contributed by atoms with Crippen LogP contribution in [0.3, 0.4) is 0 Å². The molecule has 4 aromatic carbocycles. The second-order valence-corrected chi connectivity index (χ2v) is 9.41. The second-order valence-electron chi connectivity index (χ2n) is 8.97. The van der Waals surface area contributed by atoms with Crippen molar-refractivity contribution in [2.45, 2.75) is 25.6 Å². The van der Waals surface area contributed by atoms with E-state index in [2.05, 4.69) is 43.3 Å². The van der Waals surface area contributed by atoms with Crippen LogP contribution in [0.25, 0.3) is 11.1 Å². The molecule has 0 aromatic heterocycles. The Balaban J connectivity index is 1.36. The van der Waals surface area contributed by atoms with Crippen molar-refractivity contribution in [2.24, 2.45) is 5.10 Å². The highest BCUT2D eigenvalue weighted by Gasteiger charge is 2.43. The maximum Gasteiger partial charge on any atom is 0.251 e. The standard InChI is InChI=1S/C30H23ClN2O2/c1-19-7-9-22(10-8-19)26-18-27-25-17-24(31)15-16-28(25)35-30(33(27)32-26)29(34)23-13-11-21(12-14-23)20-5-3-2-4-6-20/h2-17,27,30H,18H2,1H3/t27-,30-/m1/s1. The van der Waals surface area contributed by atoms with Gasteiger partial charge in [-0.1, -0.05) is 96.0 Å². The zero-order chi connectivity index (χ0) is 23.9. The molecule has 0 N–H and O–H groups in total. The van der Waals surface area contributed by atoms with E-state index in [1.165, 1.54) is 5.56 Å². The summed E-state index contributed by atoms with van der Waals surface area (Å²) in [4.78, 5) is 13.7. The molecule has 0 saturated carbocycles. The molecular formula is C30H23ClN2O2. The summed E-state index contributed by atoms with van der Waals surface area (Å²) in [5, 5.41) is 7.34. The molecular weight excluding hydrogens is 456 g/mol. The molecule has 35 heavy (non-hydrogen) atoms. The summed E-state index contributed by atoms with van der Waals surface area (Å²) in [5.74, 6) is 0.555. The molecule has 4 nitrogen and oxygen atoms in total. The summed E-state index contributed by atoms with van der Waals surface area (Å²) in [7, 11) is 0. The molecule has 172 valence electrons. The number of ether oxygens (including phenoxy) is 1. The van der Waals surface area contributed by atoms with Gasteiger partial charge < -0.3 is 4.74 Å². The van der Waals surface area contributed by atoms with E-state index < -0.39 is 6.23 Å². The summed E-state index contributed by atoms with van der Waals surface area (Å²) in [5.41, 5.74) is 6.88. The van der Waals surface area contributed by atoms with Crippen LogP contribution in [0.4, 0.5) is 0 Å². The molecule has 5 heteroatoms. The van der Waals surface area contributed by atoms with Crippen LogP contribution in [-0.2, 0) is 0 Å². The number of nitrogens with zero attached hydrogens (tertiary/aromatic N) is 2. The van der Waals surface area contributed by atoms with Crippen molar-refractivity contribution in [1.29, 1.82) is 0 Å². The number of hydrazone groups is 1. The smallest absolute Gasteiger partial charge is 0.251 e. The number of rotatable bonds is 4. The molecule has 2 heterocycles. The highest BCUT2D eigenvalue weighted by atomic mass is 35.5. The molecule has 2 aliphatic heterocycles. The molecule has 0 amide bonds. The van der Waals surface area contributed by atoms with Crippen molar-refractivity contribution in [3.05, 3.63) is 124 Å². The highest BCUT2D eigenvalue weighted by molar-refractivity contribution is 6.30. The van der Waals surface area contributed by atoms with Gasteiger partial charge >= 0.3 is 0 Å². The molecule has 4 aromatic rings. The maximum absolute atomic E-state index is 13.7. The van der Waals surface area contributed by atoms with Gasteiger partial charge in [0.05, 0.1) is 11.8 Å². The van der Waals surface area contributed by atoms with Crippen LogP contribution in [0.5, 0.6) is 5.75 Å². The zero-order valence-electron chi connectivity index (χ0n) is 19.2. The number of hydrogen-bond acceptors (Lipinski definition) is 4. The summed E-state index contributed by atoms with van der Waals surface area (Å²) in [6.45, 7) is 2.06. The van der Waals surface area contributed by atoms with E-state index in [0.29, 0.717) is 22.8 Å². The molecule has 0 unspecified atom stereocenters. The maximum atomic E-state index is 13.7. The van der Waals surface area contributed by atoms with E-state index in [-0.39, 0.29) is 11.8 Å². The van der Waals surface area contributed by atoms with Crippen molar-refractivity contribution in [3.63, 3.8) is 0 Å². The predicted molar refractivity (Wildman–Crippen MR) is 139 cm³/mol. The fourth-order valence-corrected chi connectivity index (χ4v) is 4.93. The van der Waals surface area contributed by atoms with Crippen LogP contribution >= 0.6 is 11.6 Å². The molecule has 0 bridgehead atoms. The first kappa shape index (κ1) is 21.6. The lowest BCUT2D eigenvalue weighted by Crippen LogP contribution is -2.45. The number of ketones is 1. The lowest BCUT2D eigenvalue weighted by molar-refractivity contribution is -0.00454. The van der Waals surface area contributed by atoms with Crippen molar-refractivity contribution >= 4 is 23.1 Å². The summed E-state index contributed by atoms with van der Waals surface area (Å²) in [6, 6.07) is 31.5. The average Bonchev–Trinajstić information content (AvgIpc) is 3.35. The fourth-order valence-electron chi connectivity index (χ4n) is 4.75. The van der Waals surface area contributed by atoms with E-state index in [4.69, 9.17) is 21.4 Å². The molecule has 0 spiro atoms. The minimum absolute atomic E-state index is 0.119. The summed E-state index contributed by atoms with van der Waals surface area (Å²) in [6.07, 6.45) is -0.171. The van der Waals surface area contributed by atoms with Gasteiger partial charge in [-0.25, -0.2) is 5.01 Å². The first-order valence-electron chi connectivity index (χ1n) is 11.7. The Morgan fingerprint density at radius 3 is 2.31 bits per heavy atom. The Hall–Kier alpha value is -3.89. The molecule has 0 aliphatic carbocycles. The third-order valence-corrected chi connectivity index (χ3v) is 6.87. The Bertz CT molecular complexity index is 1430. The van der Waals surface area contributed by atoms with E-state index in [1.807, 2.05) is 54.6 Å². The van der Waals surface area contributed by atoms with Crippen LogP contribution in [0.15, 0.2) is 102 Å². The minimum Gasteiger partial charge on any atom is -0.461 e. The Morgan fingerprint density at radius 2 is 1.57 bits per heavy atom. The van der Waals surface area contributed by atoms with Crippen LogP contribution in [-0.4, -0.2) is 22.7 Å². The van der Waals surface area contributed by atoms with Gasteiger partial charge in [0.15, 0.2) is 0 Å². The normalized spacial score (nSPS) is 18.3. The zero-order valence-corrected chi connectivity index (χ0v) is 19.9. The topological polar surface area (TPSA) is 41.9 Å². The van der Waals surface area contributed by atoms with Gasteiger partial charge in [-0.05, 0) is 41.8 Å². The largest absolute Gasteiger partial charge is 0.461 e. The van der Waals surface area contributed by atoms with Crippen molar-refractivity contribution in [1.82, 2.24) is 5.01 Å². The third kappa shape index (κ3) is 4.00. The number of benzene rings is 4. The Labute approximate surface area is 209 Å². The SMILES string of the molecule is Cc1ccc(C2=NN3[C@@H](C(=O)c4ccc(-c5ccccc5)cc4)Oc4ccc(Cl)cc4[C@H]3C2)cc1. The van der Waals surface area contributed by atoms with Gasteiger partial charge in [0.1, 0.15) is 5.75 Å². The number of hydrogen-bond donors (Lipinski definition) is 0. The number of carbonyl (C=O) groups is 1. The van der Waals surface area contributed by atoms with E-state index in [9.17, 15) is 4.79 Å². The first-order chi connectivity index (χ1) is 17.1. The molecule has 2 atom stereocenters. The van der Waals surface area contributed by atoms with Gasteiger partial charge in [-0.2, -0.15) is 5.10 Å². The number of aryl methyl sites for hydroxylation is 1. The van der Waals surface area contributed by atoms with Gasteiger partial charge in [-0.15, -0.1) is 0 Å². The van der Waals surface area contributed by atoms with Crippen LogP contribution < -0.4 is 4.74 Å². The van der Waals surface area contributed by atoms with Crippen molar-refractivity contribution < 1.29 is 9.53 Å². The number of carbonyl (C=O) groups excluding carboxylic acids is 1. The van der Waals surface area contributed by atoms with E-state index in [0.717, 1.165) is 28.0 Å². The molecule has 0 fully saturated rings. The molecule has 0 radical (unpaired) electrons. The molecule has 2 aliphatic rings. The Morgan fingerprint density at radius 1 is 0.886 bits per heavy atom. The van der Waals surface area contributed by atoms with Gasteiger partial charge in [0.25, 0.3) is 6.23 Å². The van der Waals surface area contributed by atoms with Crippen LogP contribution in [0.1, 0.15) is 39.5 Å². The molecule has 0 saturated heterocycles. The number of halogens is 1. The fraction of sp³-hybridized carbons (Fsp3) is 0.133. The van der Waals surface area contributed by atoms with Crippen molar-refractivity contribution in [3.8, 4) is 16.9 Å². The van der Waals surface area contributed by atoms with Crippen LogP contribution in [0.2, 0.25) is 5.02 Å². The van der Waals surface area contributed by atoms with Crippen molar-refractivity contribution in [2.75, 3.05) is 0 Å². The van der Waals surface area contributed by atoms with E-state index >= 15 is 0 Å². The number of fused-ring (bicyclic) bond motifs is 3. The molecule has 6 rings (SSSR count). The lowest BCUT2D eigenvalue weighted by atomic mass is 9.95. The minimum atomic E-state index is -0.848. The monoisotopic (exact) mass is 478 g/mol. The average molecular weight is 479 g/mol. The summed E-state index contributed by atoms with van der Waals surface area (Å²) < 4.78 is 6.25. The van der Waals surface area contributed by atoms with Gasteiger partial charge in [0.2, 0.25) is 5.78 Å². The van der Waals surface area contributed by atoms with Gasteiger partial charge in [0, 0.05) is 22.6 Å². The van der Waals surface area contributed by atoms with E-state index in [1.54, 1.807) is 11.1 Å². The third-order valence-electron chi connectivity index (χ3n) is 6.64. The Kier molecular flexibility index (Phi) is 5.39. The number of Topliss-reactive ketones (excluding diaryl/α,β-unsaturated/α-hetero) is 1. The lowest BCUT2D eigenvalue weighted by Gasteiger charge is -2.37. The predicted octanol–water partition coefficient (Wildman–Crippen LogP) is 7.07.